The fraction of sp³-hybridized carbons (Fsp3) is 0.0909. The lowest BCUT2D eigenvalue weighted by Gasteiger charge is -2.32. The highest BCUT2D eigenvalue weighted by molar-refractivity contribution is 5.72. The van der Waals surface area contributed by atoms with Crippen LogP contribution in [0.15, 0.2) is 84.9 Å². The lowest BCUT2D eigenvalue weighted by Crippen LogP contribution is -2.29. The van der Waals surface area contributed by atoms with Crippen LogP contribution < -0.4 is 4.74 Å². The van der Waals surface area contributed by atoms with E-state index in [2.05, 4.69) is 73.7 Å². The van der Waals surface area contributed by atoms with Gasteiger partial charge < -0.3 is 4.74 Å². The summed E-state index contributed by atoms with van der Waals surface area (Å²) in [6.45, 7) is 2.10. The van der Waals surface area contributed by atoms with Crippen LogP contribution >= 0.6 is 0 Å². The third kappa shape index (κ3) is 2.55. The van der Waals surface area contributed by atoms with Crippen molar-refractivity contribution in [2.45, 2.75) is 12.5 Å². The van der Waals surface area contributed by atoms with Gasteiger partial charge in [-0.3, -0.25) is 0 Å². The molecule has 23 heavy (non-hydrogen) atoms. The van der Waals surface area contributed by atoms with Crippen LogP contribution in [0, 0.1) is 0 Å². The molecule has 0 spiro atoms. The van der Waals surface area contributed by atoms with E-state index in [1.807, 2.05) is 24.3 Å². The van der Waals surface area contributed by atoms with Crippen molar-refractivity contribution in [3.8, 4) is 16.9 Å². The summed E-state index contributed by atoms with van der Waals surface area (Å²) in [5.41, 5.74) is 4.30. The summed E-state index contributed by atoms with van der Waals surface area (Å²) < 4.78 is 6.31. The molecule has 1 aliphatic heterocycles. The molecule has 1 heteroatoms. The third-order valence-electron chi connectivity index (χ3n) is 4.37. The molecule has 0 amide bonds. The minimum atomic E-state index is -0.414. The fourth-order valence-corrected chi connectivity index (χ4v) is 3.02. The van der Waals surface area contributed by atoms with Crippen LogP contribution in [0.2, 0.25) is 0 Å². The zero-order chi connectivity index (χ0) is 15.7. The molecule has 4 rings (SSSR count). The summed E-state index contributed by atoms with van der Waals surface area (Å²) in [6, 6.07) is 27.1. The summed E-state index contributed by atoms with van der Waals surface area (Å²) in [5.74, 6) is 0.929. The Morgan fingerprint density at radius 2 is 1.43 bits per heavy atom. The van der Waals surface area contributed by atoms with Crippen LogP contribution in [0.4, 0.5) is 0 Å². The van der Waals surface area contributed by atoms with E-state index in [0.717, 1.165) is 16.9 Å². The maximum Gasteiger partial charge on any atom is 0.150 e. The van der Waals surface area contributed by atoms with Crippen molar-refractivity contribution in [2.75, 3.05) is 0 Å². The number of hydrogen-bond acceptors (Lipinski definition) is 1. The summed E-state index contributed by atoms with van der Waals surface area (Å²) in [6.07, 6.45) is 4.30. The van der Waals surface area contributed by atoms with Crippen molar-refractivity contribution in [1.29, 1.82) is 0 Å². The molecule has 0 radical (unpaired) electrons. The van der Waals surface area contributed by atoms with Gasteiger partial charge in [0.05, 0.1) is 0 Å². The van der Waals surface area contributed by atoms with E-state index in [9.17, 15) is 0 Å². The molecule has 1 nitrogen and oxygen atoms in total. The lowest BCUT2D eigenvalue weighted by molar-refractivity contribution is 0.138. The Balaban J connectivity index is 1.71. The van der Waals surface area contributed by atoms with Crippen LogP contribution in [0.1, 0.15) is 18.1 Å². The monoisotopic (exact) mass is 298 g/mol. The molecule has 0 N–H and O–H groups in total. The Bertz CT molecular complexity index is 850. The van der Waals surface area contributed by atoms with Gasteiger partial charge >= 0.3 is 0 Å². The quantitative estimate of drug-likeness (QED) is 0.592. The number of ether oxygens (including phenoxy) is 1. The number of fused-ring (bicyclic) bond motifs is 1. The Morgan fingerprint density at radius 1 is 0.739 bits per heavy atom. The smallest absolute Gasteiger partial charge is 0.150 e. The molecule has 3 aromatic carbocycles. The maximum absolute atomic E-state index is 6.31. The molecule has 112 valence electrons. The highest BCUT2D eigenvalue weighted by Gasteiger charge is 2.29. The van der Waals surface area contributed by atoms with E-state index in [0.29, 0.717) is 0 Å². The maximum atomic E-state index is 6.31. The van der Waals surface area contributed by atoms with Crippen molar-refractivity contribution in [2.24, 2.45) is 0 Å². The third-order valence-corrected chi connectivity index (χ3v) is 4.37. The standard InChI is InChI=1S/C22H18O/c1-22(20-10-6-3-7-11-20)15-14-19-16-18(12-13-21(19)23-22)17-8-4-2-5-9-17/h2-16H,1H3. The van der Waals surface area contributed by atoms with Gasteiger partial charge in [-0.1, -0.05) is 72.8 Å². The van der Waals surface area contributed by atoms with E-state index < -0.39 is 5.60 Å². The molecule has 1 aliphatic rings. The highest BCUT2D eigenvalue weighted by Crippen LogP contribution is 2.38. The van der Waals surface area contributed by atoms with E-state index >= 15 is 0 Å². The van der Waals surface area contributed by atoms with Crippen molar-refractivity contribution >= 4 is 6.08 Å². The van der Waals surface area contributed by atoms with Gasteiger partial charge in [0.1, 0.15) is 11.4 Å². The van der Waals surface area contributed by atoms with Crippen molar-refractivity contribution in [1.82, 2.24) is 0 Å². The van der Waals surface area contributed by atoms with Gasteiger partial charge in [0.2, 0.25) is 0 Å². The van der Waals surface area contributed by atoms with Crippen LogP contribution in [0.3, 0.4) is 0 Å². The van der Waals surface area contributed by atoms with Crippen LogP contribution in [0.5, 0.6) is 5.75 Å². The minimum absolute atomic E-state index is 0.414. The molecular formula is C22H18O. The minimum Gasteiger partial charge on any atom is -0.478 e. The molecule has 0 saturated carbocycles. The first kappa shape index (κ1) is 13.8. The molecular weight excluding hydrogens is 280 g/mol. The molecule has 1 atom stereocenters. The lowest BCUT2D eigenvalue weighted by atomic mass is 9.91. The van der Waals surface area contributed by atoms with E-state index in [1.165, 1.54) is 11.1 Å². The average molecular weight is 298 g/mol. The normalized spacial score (nSPS) is 19.0. The van der Waals surface area contributed by atoms with Gasteiger partial charge in [0.15, 0.2) is 0 Å². The number of rotatable bonds is 2. The Morgan fingerprint density at radius 3 is 2.17 bits per heavy atom. The Labute approximate surface area is 136 Å². The largest absolute Gasteiger partial charge is 0.478 e. The Hall–Kier alpha value is -2.80. The highest BCUT2D eigenvalue weighted by atomic mass is 16.5. The molecule has 0 bridgehead atoms. The number of hydrogen-bond donors (Lipinski definition) is 0. The molecule has 0 aliphatic carbocycles. The topological polar surface area (TPSA) is 9.23 Å². The molecule has 0 fully saturated rings. The van der Waals surface area contributed by atoms with Gasteiger partial charge in [-0.2, -0.15) is 0 Å². The average Bonchev–Trinajstić information content (AvgIpc) is 2.63. The van der Waals surface area contributed by atoms with E-state index in [1.54, 1.807) is 0 Å². The summed E-state index contributed by atoms with van der Waals surface area (Å²) in [5, 5.41) is 0. The molecule has 0 saturated heterocycles. The number of benzene rings is 3. The molecule has 3 aromatic rings. The second-order valence-electron chi connectivity index (χ2n) is 6.03. The second-order valence-corrected chi connectivity index (χ2v) is 6.03. The second kappa shape index (κ2) is 5.44. The van der Waals surface area contributed by atoms with Crippen LogP contribution in [0.25, 0.3) is 17.2 Å². The summed E-state index contributed by atoms with van der Waals surface area (Å²) >= 11 is 0. The zero-order valence-electron chi connectivity index (χ0n) is 13.1. The SMILES string of the molecule is CC1(c2ccccc2)C=Cc2cc(-c3ccccc3)ccc2O1. The first-order valence-corrected chi connectivity index (χ1v) is 7.88. The molecule has 1 heterocycles. The van der Waals surface area contributed by atoms with Gasteiger partial charge in [-0.15, -0.1) is 0 Å². The first-order valence-electron chi connectivity index (χ1n) is 7.88. The van der Waals surface area contributed by atoms with Crippen molar-refractivity contribution in [3.63, 3.8) is 0 Å². The van der Waals surface area contributed by atoms with Gasteiger partial charge in [-0.05, 0) is 41.8 Å². The predicted octanol–water partition coefficient (Wildman–Crippen LogP) is 5.67. The van der Waals surface area contributed by atoms with Gasteiger partial charge in [-0.25, -0.2) is 0 Å². The molecule has 1 unspecified atom stereocenters. The van der Waals surface area contributed by atoms with E-state index in [4.69, 9.17) is 4.74 Å². The van der Waals surface area contributed by atoms with Gasteiger partial charge in [0, 0.05) is 5.56 Å². The molecule has 0 aromatic heterocycles. The summed E-state index contributed by atoms with van der Waals surface area (Å²) in [7, 11) is 0. The summed E-state index contributed by atoms with van der Waals surface area (Å²) in [4.78, 5) is 0. The predicted molar refractivity (Wildman–Crippen MR) is 95.3 cm³/mol. The van der Waals surface area contributed by atoms with E-state index in [-0.39, 0.29) is 0 Å². The van der Waals surface area contributed by atoms with Crippen LogP contribution in [-0.4, -0.2) is 0 Å². The van der Waals surface area contributed by atoms with Gasteiger partial charge in [0.25, 0.3) is 0 Å². The van der Waals surface area contributed by atoms with Crippen LogP contribution in [-0.2, 0) is 5.60 Å². The fourth-order valence-electron chi connectivity index (χ4n) is 3.02. The zero-order valence-corrected chi connectivity index (χ0v) is 13.1. The first-order chi connectivity index (χ1) is 11.2. The van der Waals surface area contributed by atoms with Crippen molar-refractivity contribution < 1.29 is 4.74 Å². The Kier molecular flexibility index (Phi) is 3.27. The van der Waals surface area contributed by atoms with Crippen molar-refractivity contribution in [3.05, 3.63) is 96.1 Å².